The smallest absolute Gasteiger partial charge is 0.306 e. The molecule has 7 nitrogen and oxygen atoms in total. The normalized spacial score (nSPS) is 18.1. The highest BCUT2D eigenvalue weighted by Crippen LogP contribution is 2.37. The quantitative estimate of drug-likeness (QED) is 0.426. The number of aromatic nitrogens is 2. The van der Waals surface area contributed by atoms with Crippen molar-refractivity contribution in [3.8, 4) is 0 Å². The lowest BCUT2D eigenvalue weighted by atomic mass is 9.77. The maximum Gasteiger partial charge on any atom is 0.306 e. The van der Waals surface area contributed by atoms with Crippen molar-refractivity contribution in [2.75, 3.05) is 5.32 Å². The highest BCUT2D eigenvalue weighted by Gasteiger charge is 2.26. The van der Waals surface area contributed by atoms with Crippen LogP contribution < -0.4 is 5.32 Å². The summed E-state index contributed by atoms with van der Waals surface area (Å²) in [6, 6.07) is 17.5. The first kappa shape index (κ1) is 24.6. The molecule has 1 aliphatic carbocycles. The van der Waals surface area contributed by atoms with E-state index < -0.39 is 5.60 Å². The fourth-order valence-electron chi connectivity index (χ4n) is 4.55. The predicted molar refractivity (Wildman–Crippen MR) is 133 cm³/mol. The summed E-state index contributed by atoms with van der Waals surface area (Å²) < 4.78 is 10.7. The van der Waals surface area contributed by atoms with Gasteiger partial charge in [-0.25, -0.2) is 0 Å². The lowest BCUT2D eigenvalue weighted by Crippen LogP contribution is -2.26. The summed E-state index contributed by atoms with van der Waals surface area (Å²) in [4.78, 5) is 29.0. The predicted octanol–water partition coefficient (Wildman–Crippen LogP) is 5.92. The molecule has 3 aromatic rings. The van der Waals surface area contributed by atoms with Crippen molar-refractivity contribution in [2.45, 2.75) is 70.8 Å². The topological polar surface area (TPSA) is 94.3 Å². The number of carbonyl (C=O) groups is 2. The fourth-order valence-corrected chi connectivity index (χ4v) is 4.55. The molecular weight excluding hydrogens is 442 g/mol. The van der Waals surface area contributed by atoms with Crippen LogP contribution in [0, 0.1) is 5.92 Å². The van der Waals surface area contributed by atoms with Gasteiger partial charge in [0.1, 0.15) is 5.60 Å². The van der Waals surface area contributed by atoms with Crippen molar-refractivity contribution in [1.82, 2.24) is 10.1 Å². The Morgan fingerprint density at radius 2 is 1.69 bits per heavy atom. The molecule has 35 heavy (non-hydrogen) atoms. The molecule has 1 heterocycles. The molecule has 0 aliphatic heterocycles. The first-order valence-corrected chi connectivity index (χ1v) is 12.2. The molecule has 1 N–H and O–H groups in total. The molecule has 0 radical (unpaired) electrons. The van der Waals surface area contributed by atoms with E-state index in [-0.39, 0.29) is 17.8 Å². The standard InChI is InChI=1S/C28H33N3O4/c1-28(2,3)34-25(32)18-20-9-11-21(12-10-20)22-13-15-23(16-14-22)26(33)30-27-29-24(35-31-27)17-19-7-5-4-6-8-19/h4-8,13-16,20-21H,9-12,17-18H2,1-3H3,(H,30,31,33)/t20-,21-. The van der Waals surface area contributed by atoms with Gasteiger partial charge in [-0.3, -0.25) is 14.9 Å². The second-order valence-corrected chi connectivity index (χ2v) is 10.3. The van der Waals surface area contributed by atoms with Gasteiger partial charge in [-0.05, 0) is 86.7 Å². The minimum absolute atomic E-state index is 0.106. The molecule has 0 spiro atoms. The maximum atomic E-state index is 12.6. The lowest BCUT2D eigenvalue weighted by Gasteiger charge is -2.29. The summed E-state index contributed by atoms with van der Waals surface area (Å²) in [5.41, 5.74) is 2.39. The molecule has 0 unspecified atom stereocenters. The Labute approximate surface area is 206 Å². The van der Waals surface area contributed by atoms with Gasteiger partial charge in [0, 0.05) is 12.0 Å². The lowest BCUT2D eigenvalue weighted by molar-refractivity contribution is -0.156. The molecule has 0 atom stereocenters. The summed E-state index contributed by atoms with van der Waals surface area (Å²) in [7, 11) is 0. The van der Waals surface area contributed by atoms with Crippen LogP contribution in [0.3, 0.4) is 0 Å². The number of rotatable bonds is 7. The summed E-state index contributed by atoms with van der Waals surface area (Å²) in [5, 5.41) is 6.57. The first-order valence-electron chi connectivity index (χ1n) is 12.2. The Morgan fingerprint density at radius 1 is 1.00 bits per heavy atom. The van der Waals surface area contributed by atoms with Crippen molar-refractivity contribution < 1.29 is 18.8 Å². The zero-order valence-electron chi connectivity index (χ0n) is 20.6. The minimum Gasteiger partial charge on any atom is -0.460 e. The zero-order valence-corrected chi connectivity index (χ0v) is 20.6. The molecule has 184 valence electrons. The highest BCUT2D eigenvalue weighted by atomic mass is 16.6. The Bertz CT molecular complexity index is 1130. The van der Waals surface area contributed by atoms with E-state index >= 15 is 0 Å². The van der Waals surface area contributed by atoms with Crippen LogP contribution in [0.25, 0.3) is 0 Å². The van der Waals surface area contributed by atoms with Gasteiger partial charge in [0.25, 0.3) is 11.9 Å². The summed E-state index contributed by atoms with van der Waals surface area (Å²) in [5.74, 6) is 1.06. The average molecular weight is 476 g/mol. The summed E-state index contributed by atoms with van der Waals surface area (Å²) in [6.45, 7) is 5.70. The van der Waals surface area contributed by atoms with Crippen LogP contribution in [0.5, 0.6) is 0 Å². The second kappa shape index (κ2) is 10.8. The van der Waals surface area contributed by atoms with Gasteiger partial charge < -0.3 is 9.26 Å². The SMILES string of the molecule is CC(C)(C)OC(=O)C[C@H]1CC[C@H](c2ccc(C(=O)Nc3noc(Cc4ccccc4)n3)cc2)CC1. The van der Waals surface area contributed by atoms with Crippen LogP contribution in [-0.2, 0) is 16.0 Å². The molecule has 1 aliphatic rings. The average Bonchev–Trinajstić information content (AvgIpc) is 3.25. The van der Waals surface area contributed by atoms with Gasteiger partial charge in [0.05, 0.1) is 6.42 Å². The van der Waals surface area contributed by atoms with E-state index in [1.807, 2.05) is 75.4 Å². The highest BCUT2D eigenvalue weighted by molar-refractivity contribution is 6.03. The van der Waals surface area contributed by atoms with E-state index in [1.54, 1.807) is 0 Å². The van der Waals surface area contributed by atoms with Gasteiger partial charge in [-0.1, -0.05) is 42.5 Å². The molecule has 7 heteroatoms. The Kier molecular flexibility index (Phi) is 7.63. The van der Waals surface area contributed by atoms with E-state index in [0.29, 0.717) is 36.1 Å². The van der Waals surface area contributed by atoms with Gasteiger partial charge in [-0.2, -0.15) is 4.98 Å². The number of esters is 1. The van der Waals surface area contributed by atoms with Crippen molar-refractivity contribution in [1.29, 1.82) is 0 Å². The van der Waals surface area contributed by atoms with Gasteiger partial charge in [0.15, 0.2) is 0 Å². The monoisotopic (exact) mass is 475 g/mol. The third-order valence-electron chi connectivity index (χ3n) is 6.26. The van der Waals surface area contributed by atoms with Crippen molar-refractivity contribution in [3.05, 3.63) is 77.2 Å². The molecule has 4 rings (SSSR count). The first-order chi connectivity index (χ1) is 16.7. The van der Waals surface area contributed by atoms with Gasteiger partial charge in [0.2, 0.25) is 5.89 Å². The largest absolute Gasteiger partial charge is 0.460 e. The zero-order chi connectivity index (χ0) is 24.8. The summed E-state index contributed by atoms with van der Waals surface area (Å²) >= 11 is 0. The third-order valence-corrected chi connectivity index (χ3v) is 6.26. The van der Waals surface area contributed by atoms with Crippen LogP contribution in [0.1, 0.15) is 86.2 Å². The number of benzene rings is 2. The Morgan fingerprint density at radius 3 is 2.34 bits per heavy atom. The molecule has 1 amide bonds. The number of anilines is 1. The van der Waals surface area contributed by atoms with Crippen molar-refractivity contribution in [3.63, 3.8) is 0 Å². The van der Waals surface area contributed by atoms with Gasteiger partial charge >= 0.3 is 5.97 Å². The van der Waals surface area contributed by atoms with E-state index in [4.69, 9.17) is 9.26 Å². The third kappa shape index (κ3) is 7.25. The molecular formula is C28H33N3O4. The summed E-state index contributed by atoms with van der Waals surface area (Å²) in [6.07, 6.45) is 5.09. The number of hydrogen-bond donors (Lipinski definition) is 1. The molecule has 0 saturated heterocycles. The molecule has 1 fully saturated rings. The van der Waals surface area contributed by atoms with E-state index in [1.165, 1.54) is 5.56 Å². The van der Waals surface area contributed by atoms with Crippen LogP contribution in [0.2, 0.25) is 0 Å². The molecule has 2 aromatic carbocycles. The second-order valence-electron chi connectivity index (χ2n) is 10.3. The molecule has 1 aromatic heterocycles. The van der Waals surface area contributed by atoms with Crippen LogP contribution in [0.4, 0.5) is 5.95 Å². The maximum absolute atomic E-state index is 12.6. The Balaban J connectivity index is 1.26. The minimum atomic E-state index is -0.434. The number of ether oxygens (including phenoxy) is 1. The van der Waals surface area contributed by atoms with Crippen LogP contribution >= 0.6 is 0 Å². The molecule has 0 bridgehead atoms. The Hall–Kier alpha value is -3.48. The number of hydrogen-bond acceptors (Lipinski definition) is 6. The van der Waals surface area contributed by atoms with E-state index in [0.717, 1.165) is 31.2 Å². The van der Waals surface area contributed by atoms with E-state index in [2.05, 4.69) is 15.5 Å². The number of carbonyl (C=O) groups excluding carboxylic acids is 2. The number of nitrogens with one attached hydrogen (secondary N) is 1. The number of amides is 1. The van der Waals surface area contributed by atoms with E-state index in [9.17, 15) is 9.59 Å². The van der Waals surface area contributed by atoms with Crippen LogP contribution in [0.15, 0.2) is 59.1 Å². The fraction of sp³-hybridized carbons (Fsp3) is 0.429. The van der Waals surface area contributed by atoms with Crippen molar-refractivity contribution >= 4 is 17.8 Å². The number of nitrogens with zero attached hydrogens (tertiary/aromatic N) is 2. The van der Waals surface area contributed by atoms with Gasteiger partial charge in [-0.15, -0.1) is 0 Å². The van der Waals surface area contributed by atoms with Crippen molar-refractivity contribution in [2.24, 2.45) is 5.92 Å². The van der Waals surface area contributed by atoms with Crippen LogP contribution in [-0.4, -0.2) is 27.6 Å². The molecule has 1 saturated carbocycles.